The average Bonchev–Trinajstić information content (AvgIpc) is 2.82. The number of nitrogens with one attached hydrogen (secondary N) is 1. The average molecular weight is 465 g/mol. The van der Waals surface area contributed by atoms with E-state index in [1.54, 1.807) is 42.5 Å². The Labute approximate surface area is 197 Å². The Bertz CT molecular complexity index is 1220. The predicted molar refractivity (Wildman–Crippen MR) is 127 cm³/mol. The molecule has 0 aliphatic rings. The molecule has 5 nitrogen and oxygen atoms in total. The van der Waals surface area contributed by atoms with Crippen LogP contribution in [-0.2, 0) is 17.8 Å². The molecule has 0 aromatic heterocycles. The molecule has 0 aliphatic carbocycles. The minimum atomic E-state index is -0.545. The van der Waals surface area contributed by atoms with Gasteiger partial charge in [-0.1, -0.05) is 48.9 Å². The number of carbonyl (C=O) groups excluding carboxylic acids is 1. The summed E-state index contributed by atoms with van der Waals surface area (Å²) in [6.07, 6.45) is 2.30. The van der Waals surface area contributed by atoms with E-state index in [0.29, 0.717) is 16.8 Å². The van der Waals surface area contributed by atoms with Crippen molar-refractivity contribution in [3.05, 3.63) is 93.8 Å². The largest absolute Gasteiger partial charge is 0.493 e. The second kappa shape index (κ2) is 11.2. The molecule has 3 rings (SSSR count). The van der Waals surface area contributed by atoms with Crippen molar-refractivity contribution in [2.45, 2.75) is 20.0 Å². The van der Waals surface area contributed by atoms with Crippen molar-refractivity contribution >= 4 is 29.3 Å². The number of hydrogen-bond donors (Lipinski definition) is 1. The molecule has 3 aromatic carbocycles. The van der Waals surface area contributed by atoms with Gasteiger partial charge in [0, 0.05) is 11.3 Å². The van der Waals surface area contributed by atoms with Crippen molar-refractivity contribution in [1.82, 2.24) is 0 Å². The molecule has 0 aliphatic heterocycles. The summed E-state index contributed by atoms with van der Waals surface area (Å²) in [7, 11) is 1.44. The van der Waals surface area contributed by atoms with Crippen LogP contribution in [0.15, 0.2) is 66.2 Å². The standard InChI is InChI=1S/C26H22ClFN2O3/c1-3-17-8-10-21(11-9-17)30-26(31)20(15-29)12-18-13-22(27)25(24(14-18)32-2)33-16-19-6-4-5-7-23(19)28/h4-14H,3,16H2,1-2H3,(H,30,31)/b20-12+. The minimum absolute atomic E-state index is 0.0411. The van der Waals surface area contributed by atoms with Gasteiger partial charge in [0.15, 0.2) is 11.5 Å². The SMILES string of the molecule is CCc1ccc(NC(=O)/C(C#N)=C/c2cc(Cl)c(OCc3ccccc3F)c(OC)c2)cc1. The van der Waals surface area contributed by atoms with Crippen molar-refractivity contribution in [1.29, 1.82) is 5.26 Å². The van der Waals surface area contributed by atoms with E-state index in [4.69, 9.17) is 21.1 Å². The van der Waals surface area contributed by atoms with Crippen molar-refractivity contribution < 1.29 is 18.7 Å². The molecule has 3 aromatic rings. The molecule has 0 spiro atoms. The van der Waals surface area contributed by atoms with Gasteiger partial charge in [-0.15, -0.1) is 0 Å². The second-order valence-corrected chi connectivity index (χ2v) is 7.50. The van der Waals surface area contributed by atoms with Gasteiger partial charge >= 0.3 is 0 Å². The Morgan fingerprint density at radius 2 is 1.91 bits per heavy atom. The summed E-state index contributed by atoms with van der Waals surface area (Å²) in [5, 5.41) is 12.4. The van der Waals surface area contributed by atoms with Gasteiger partial charge in [0.1, 0.15) is 24.1 Å². The van der Waals surface area contributed by atoms with Crippen LogP contribution >= 0.6 is 11.6 Å². The number of amides is 1. The molecule has 0 atom stereocenters. The number of nitriles is 1. The topological polar surface area (TPSA) is 71.4 Å². The summed E-state index contributed by atoms with van der Waals surface area (Å²) in [4.78, 5) is 12.6. The van der Waals surface area contributed by atoms with E-state index in [1.165, 1.54) is 19.3 Å². The van der Waals surface area contributed by atoms with Crippen molar-refractivity contribution in [3.8, 4) is 17.6 Å². The van der Waals surface area contributed by atoms with Gasteiger partial charge in [-0.05, 0) is 54.0 Å². The van der Waals surface area contributed by atoms with Crippen LogP contribution in [0, 0.1) is 17.1 Å². The molecule has 0 fully saturated rings. The Balaban J connectivity index is 1.80. The lowest BCUT2D eigenvalue weighted by atomic mass is 10.1. The number of anilines is 1. The van der Waals surface area contributed by atoms with Crippen molar-refractivity contribution in [2.24, 2.45) is 0 Å². The molecule has 0 unspecified atom stereocenters. The molecule has 1 N–H and O–H groups in total. The van der Waals surface area contributed by atoms with Crippen LogP contribution in [0.3, 0.4) is 0 Å². The lowest BCUT2D eigenvalue weighted by molar-refractivity contribution is -0.112. The summed E-state index contributed by atoms with van der Waals surface area (Å²) >= 11 is 6.37. The molecule has 7 heteroatoms. The lowest BCUT2D eigenvalue weighted by Crippen LogP contribution is -2.13. The number of rotatable bonds is 8. The van der Waals surface area contributed by atoms with E-state index in [-0.39, 0.29) is 34.5 Å². The zero-order valence-electron chi connectivity index (χ0n) is 18.2. The number of benzene rings is 3. The molecule has 0 heterocycles. The van der Waals surface area contributed by atoms with Crippen LogP contribution in [-0.4, -0.2) is 13.0 Å². The van der Waals surface area contributed by atoms with E-state index in [9.17, 15) is 14.4 Å². The Kier molecular flexibility index (Phi) is 8.06. The van der Waals surface area contributed by atoms with Gasteiger partial charge in [-0.25, -0.2) is 4.39 Å². The van der Waals surface area contributed by atoms with Gasteiger partial charge in [0.05, 0.1) is 12.1 Å². The predicted octanol–water partition coefficient (Wildman–Crippen LogP) is 6.17. The fourth-order valence-electron chi connectivity index (χ4n) is 3.07. The number of aryl methyl sites for hydroxylation is 1. The third kappa shape index (κ3) is 6.12. The fraction of sp³-hybridized carbons (Fsp3) is 0.154. The van der Waals surface area contributed by atoms with Gasteiger partial charge in [0.2, 0.25) is 0 Å². The second-order valence-electron chi connectivity index (χ2n) is 7.09. The zero-order valence-corrected chi connectivity index (χ0v) is 18.9. The molecule has 33 heavy (non-hydrogen) atoms. The van der Waals surface area contributed by atoms with Gasteiger partial charge in [-0.3, -0.25) is 4.79 Å². The van der Waals surface area contributed by atoms with Crippen LogP contribution in [0.5, 0.6) is 11.5 Å². The first-order chi connectivity index (χ1) is 15.9. The normalized spacial score (nSPS) is 10.9. The van der Waals surface area contributed by atoms with Crippen molar-refractivity contribution in [2.75, 3.05) is 12.4 Å². The summed E-state index contributed by atoms with van der Waals surface area (Å²) in [6, 6.07) is 18.7. The van der Waals surface area contributed by atoms with Gasteiger partial charge in [-0.2, -0.15) is 5.26 Å². The first kappa shape index (κ1) is 23.8. The zero-order chi connectivity index (χ0) is 23.8. The van der Waals surface area contributed by atoms with E-state index in [1.807, 2.05) is 25.1 Å². The monoisotopic (exact) mass is 464 g/mol. The molecular weight excluding hydrogens is 443 g/mol. The maximum absolute atomic E-state index is 13.9. The van der Waals surface area contributed by atoms with Crippen LogP contribution in [0.1, 0.15) is 23.6 Å². The Morgan fingerprint density at radius 3 is 2.55 bits per heavy atom. The van der Waals surface area contributed by atoms with E-state index in [0.717, 1.165) is 12.0 Å². The number of nitrogens with zero attached hydrogens (tertiary/aromatic N) is 1. The molecule has 0 saturated heterocycles. The number of carbonyl (C=O) groups is 1. The molecule has 168 valence electrons. The summed E-state index contributed by atoms with van der Waals surface area (Å²) in [5.74, 6) is -0.408. The van der Waals surface area contributed by atoms with Crippen LogP contribution in [0.4, 0.5) is 10.1 Å². The first-order valence-corrected chi connectivity index (χ1v) is 10.6. The van der Waals surface area contributed by atoms with E-state index in [2.05, 4.69) is 5.32 Å². The molecule has 1 amide bonds. The quantitative estimate of drug-likeness (QED) is 0.319. The van der Waals surface area contributed by atoms with Crippen LogP contribution < -0.4 is 14.8 Å². The molecule has 0 saturated carbocycles. The van der Waals surface area contributed by atoms with Crippen LogP contribution in [0.2, 0.25) is 5.02 Å². The first-order valence-electron chi connectivity index (χ1n) is 10.2. The smallest absolute Gasteiger partial charge is 0.266 e. The van der Waals surface area contributed by atoms with Crippen LogP contribution in [0.25, 0.3) is 6.08 Å². The number of methoxy groups -OCH3 is 1. The highest BCUT2D eigenvalue weighted by atomic mass is 35.5. The highest BCUT2D eigenvalue weighted by Gasteiger charge is 2.15. The number of hydrogen-bond acceptors (Lipinski definition) is 4. The van der Waals surface area contributed by atoms with E-state index >= 15 is 0 Å². The lowest BCUT2D eigenvalue weighted by Gasteiger charge is -2.14. The molecule has 0 bridgehead atoms. The minimum Gasteiger partial charge on any atom is -0.493 e. The molecular formula is C26H22ClFN2O3. The summed E-state index contributed by atoms with van der Waals surface area (Å²) in [6.45, 7) is 2.00. The maximum Gasteiger partial charge on any atom is 0.266 e. The highest BCUT2D eigenvalue weighted by molar-refractivity contribution is 6.32. The number of ether oxygens (including phenoxy) is 2. The Hall–Kier alpha value is -3.82. The molecule has 0 radical (unpaired) electrons. The van der Waals surface area contributed by atoms with Gasteiger partial charge in [0.25, 0.3) is 5.91 Å². The summed E-state index contributed by atoms with van der Waals surface area (Å²) in [5.41, 5.74) is 2.47. The third-order valence-corrected chi connectivity index (χ3v) is 5.16. The van der Waals surface area contributed by atoms with Crippen molar-refractivity contribution in [3.63, 3.8) is 0 Å². The Morgan fingerprint density at radius 1 is 1.18 bits per heavy atom. The fourth-order valence-corrected chi connectivity index (χ4v) is 3.34. The van der Waals surface area contributed by atoms with Gasteiger partial charge < -0.3 is 14.8 Å². The van der Waals surface area contributed by atoms with E-state index < -0.39 is 5.91 Å². The number of halogens is 2. The maximum atomic E-state index is 13.9. The summed E-state index contributed by atoms with van der Waals surface area (Å²) < 4.78 is 24.9. The third-order valence-electron chi connectivity index (χ3n) is 4.88. The highest BCUT2D eigenvalue weighted by Crippen LogP contribution is 2.37.